The van der Waals surface area contributed by atoms with E-state index in [4.69, 9.17) is 8.92 Å². The Hall–Kier alpha value is -1.96. The van der Waals surface area contributed by atoms with E-state index in [1.54, 1.807) is 42.5 Å². The monoisotopic (exact) mass is 365 g/mol. The molecule has 1 atom stereocenters. The third-order valence-electron chi connectivity index (χ3n) is 4.02. The number of para-hydroxylation sites is 1. The maximum Gasteiger partial charge on any atom is 0.310 e. The molecule has 1 aliphatic rings. The molecule has 1 aliphatic heterocycles. The molecular formula is C18H20FNO4S. The van der Waals surface area contributed by atoms with Crippen molar-refractivity contribution < 1.29 is 21.7 Å². The number of hydrogen-bond acceptors (Lipinski definition) is 5. The molecular weight excluding hydrogens is 345 g/mol. The summed E-state index contributed by atoms with van der Waals surface area (Å²) in [6, 6.07) is 14.6. The summed E-state index contributed by atoms with van der Waals surface area (Å²) < 4.78 is 48.1. The first-order chi connectivity index (χ1) is 12.0. The molecule has 0 saturated carbocycles. The van der Waals surface area contributed by atoms with Crippen molar-refractivity contribution in [3.05, 3.63) is 66.0 Å². The van der Waals surface area contributed by atoms with E-state index >= 15 is 0 Å². The lowest BCUT2D eigenvalue weighted by Gasteiger charge is -2.33. The Bertz CT molecular complexity index is 780. The van der Waals surface area contributed by atoms with E-state index in [9.17, 15) is 12.8 Å². The van der Waals surface area contributed by atoms with Crippen LogP contribution in [0.1, 0.15) is 11.7 Å². The van der Waals surface area contributed by atoms with E-state index in [-0.39, 0.29) is 17.7 Å². The summed E-state index contributed by atoms with van der Waals surface area (Å²) in [5.41, 5.74) is 0.884. The smallest absolute Gasteiger partial charge is 0.310 e. The van der Waals surface area contributed by atoms with Gasteiger partial charge in [-0.15, -0.1) is 0 Å². The number of morpholine rings is 1. The molecule has 5 nitrogen and oxygen atoms in total. The van der Waals surface area contributed by atoms with Crippen LogP contribution >= 0.6 is 0 Å². The summed E-state index contributed by atoms with van der Waals surface area (Å²) in [7, 11) is -3.65. The summed E-state index contributed by atoms with van der Waals surface area (Å²) in [5, 5.41) is 0. The molecule has 2 aromatic carbocycles. The zero-order valence-electron chi connectivity index (χ0n) is 13.7. The lowest BCUT2D eigenvalue weighted by Crippen LogP contribution is -2.41. The molecule has 0 aromatic heterocycles. The number of hydrogen-bond donors (Lipinski definition) is 0. The molecule has 0 unspecified atom stereocenters. The van der Waals surface area contributed by atoms with Crippen LogP contribution in [0.15, 0.2) is 54.6 Å². The van der Waals surface area contributed by atoms with Crippen molar-refractivity contribution in [2.45, 2.75) is 6.10 Å². The fourth-order valence-corrected chi connectivity index (χ4v) is 3.66. The molecule has 0 aliphatic carbocycles. The van der Waals surface area contributed by atoms with Gasteiger partial charge in [-0.05, 0) is 29.8 Å². The van der Waals surface area contributed by atoms with Crippen LogP contribution in [0.2, 0.25) is 0 Å². The van der Waals surface area contributed by atoms with Crippen LogP contribution in [0.3, 0.4) is 0 Å². The number of ether oxygens (including phenoxy) is 1. The lowest BCUT2D eigenvalue weighted by atomic mass is 10.1. The van der Waals surface area contributed by atoms with Crippen molar-refractivity contribution in [1.82, 2.24) is 4.90 Å². The van der Waals surface area contributed by atoms with Crippen LogP contribution in [0.4, 0.5) is 4.39 Å². The average molecular weight is 365 g/mol. The average Bonchev–Trinajstić information content (AvgIpc) is 2.61. The van der Waals surface area contributed by atoms with E-state index in [1.807, 2.05) is 4.90 Å². The van der Waals surface area contributed by atoms with Crippen molar-refractivity contribution in [3.63, 3.8) is 0 Å². The van der Waals surface area contributed by atoms with Gasteiger partial charge in [0.15, 0.2) is 0 Å². The van der Waals surface area contributed by atoms with Gasteiger partial charge in [-0.1, -0.05) is 30.3 Å². The highest BCUT2D eigenvalue weighted by atomic mass is 32.2. The highest BCUT2D eigenvalue weighted by Crippen LogP contribution is 2.22. The SMILES string of the molecule is O=S(=O)(CCN1CCO[C@H](c2ccc(F)cc2)C1)Oc1ccccc1. The summed E-state index contributed by atoms with van der Waals surface area (Å²) in [6.45, 7) is 2.07. The van der Waals surface area contributed by atoms with E-state index in [0.29, 0.717) is 32.0 Å². The molecule has 7 heteroatoms. The molecule has 0 radical (unpaired) electrons. The molecule has 0 amide bonds. The molecule has 0 spiro atoms. The third kappa shape index (κ3) is 5.26. The summed E-state index contributed by atoms with van der Waals surface area (Å²) in [4.78, 5) is 2.02. The maximum atomic E-state index is 13.0. The van der Waals surface area contributed by atoms with Crippen LogP contribution in [0, 0.1) is 5.82 Å². The highest BCUT2D eigenvalue weighted by molar-refractivity contribution is 7.87. The predicted molar refractivity (Wildman–Crippen MR) is 92.4 cm³/mol. The van der Waals surface area contributed by atoms with Gasteiger partial charge >= 0.3 is 10.1 Å². The Labute approximate surface area is 147 Å². The Morgan fingerprint density at radius 1 is 1.12 bits per heavy atom. The van der Waals surface area contributed by atoms with Crippen LogP contribution in [-0.2, 0) is 14.9 Å². The van der Waals surface area contributed by atoms with Crippen LogP contribution in [0.25, 0.3) is 0 Å². The standard InChI is InChI=1S/C18H20FNO4S/c19-16-8-6-15(7-9-16)18-14-20(10-12-23-18)11-13-25(21,22)24-17-4-2-1-3-5-17/h1-9,18H,10-14H2/t18-/m0/s1. The van der Waals surface area contributed by atoms with Crippen molar-refractivity contribution >= 4 is 10.1 Å². The van der Waals surface area contributed by atoms with Crippen LogP contribution in [0.5, 0.6) is 5.75 Å². The van der Waals surface area contributed by atoms with Gasteiger partial charge in [-0.25, -0.2) is 4.39 Å². The number of rotatable bonds is 6. The molecule has 0 bridgehead atoms. The second kappa shape index (κ2) is 7.95. The van der Waals surface area contributed by atoms with E-state index in [2.05, 4.69) is 0 Å². The minimum atomic E-state index is -3.65. The molecule has 134 valence electrons. The summed E-state index contributed by atoms with van der Waals surface area (Å²) in [6.07, 6.45) is -0.188. The van der Waals surface area contributed by atoms with Gasteiger partial charge in [0, 0.05) is 19.6 Å². The minimum absolute atomic E-state index is 0.0992. The van der Waals surface area contributed by atoms with E-state index < -0.39 is 10.1 Å². The van der Waals surface area contributed by atoms with Gasteiger partial charge in [0.1, 0.15) is 11.6 Å². The molecule has 1 saturated heterocycles. The first kappa shape index (κ1) is 17.8. The van der Waals surface area contributed by atoms with E-state index in [1.165, 1.54) is 12.1 Å². The topological polar surface area (TPSA) is 55.8 Å². The number of halogens is 1. The molecule has 3 rings (SSSR count). The Kier molecular flexibility index (Phi) is 5.67. The maximum absolute atomic E-state index is 13.0. The Balaban J connectivity index is 1.55. The van der Waals surface area contributed by atoms with Crippen molar-refractivity contribution in [2.24, 2.45) is 0 Å². The second-order valence-corrected chi connectivity index (χ2v) is 7.56. The number of nitrogens with zero attached hydrogens (tertiary/aromatic N) is 1. The Morgan fingerprint density at radius 3 is 2.56 bits per heavy atom. The molecule has 25 heavy (non-hydrogen) atoms. The third-order valence-corrected chi connectivity index (χ3v) is 5.15. The zero-order valence-corrected chi connectivity index (χ0v) is 14.5. The molecule has 1 fully saturated rings. The largest absolute Gasteiger partial charge is 0.382 e. The van der Waals surface area contributed by atoms with Crippen LogP contribution in [-0.4, -0.2) is 45.3 Å². The second-order valence-electron chi connectivity index (χ2n) is 5.87. The van der Waals surface area contributed by atoms with E-state index in [0.717, 1.165) is 5.56 Å². The van der Waals surface area contributed by atoms with Gasteiger partial charge in [-0.2, -0.15) is 8.42 Å². The van der Waals surface area contributed by atoms with Crippen molar-refractivity contribution in [3.8, 4) is 5.75 Å². The highest BCUT2D eigenvalue weighted by Gasteiger charge is 2.24. The van der Waals surface area contributed by atoms with Gasteiger partial charge in [0.05, 0.1) is 18.5 Å². The van der Waals surface area contributed by atoms with Crippen molar-refractivity contribution in [1.29, 1.82) is 0 Å². The first-order valence-corrected chi connectivity index (χ1v) is 9.66. The fourth-order valence-electron chi connectivity index (χ4n) is 2.69. The summed E-state index contributed by atoms with van der Waals surface area (Å²) >= 11 is 0. The quantitative estimate of drug-likeness (QED) is 0.737. The first-order valence-electron chi connectivity index (χ1n) is 8.08. The zero-order chi connectivity index (χ0) is 17.7. The molecule has 1 heterocycles. The van der Waals surface area contributed by atoms with Crippen LogP contribution < -0.4 is 4.18 Å². The lowest BCUT2D eigenvalue weighted by molar-refractivity contribution is -0.0280. The van der Waals surface area contributed by atoms with Crippen molar-refractivity contribution in [2.75, 3.05) is 32.0 Å². The molecule has 2 aromatic rings. The fraction of sp³-hybridized carbons (Fsp3) is 0.333. The minimum Gasteiger partial charge on any atom is -0.382 e. The normalized spacial score (nSPS) is 18.8. The van der Waals surface area contributed by atoms with Gasteiger partial charge < -0.3 is 8.92 Å². The summed E-state index contributed by atoms with van der Waals surface area (Å²) in [5.74, 6) is -0.0767. The van der Waals surface area contributed by atoms with Gasteiger partial charge in [0.2, 0.25) is 0 Å². The predicted octanol–water partition coefficient (Wildman–Crippen LogP) is 2.61. The van der Waals surface area contributed by atoms with Gasteiger partial charge in [-0.3, -0.25) is 4.90 Å². The Morgan fingerprint density at radius 2 is 1.84 bits per heavy atom. The van der Waals surface area contributed by atoms with Gasteiger partial charge in [0.25, 0.3) is 0 Å². The molecule has 0 N–H and O–H groups in total. The number of benzene rings is 2.